The Morgan fingerprint density at radius 2 is 1.70 bits per heavy atom. The zero-order valence-corrected chi connectivity index (χ0v) is 22.0. The molecule has 0 heterocycles. The van der Waals surface area contributed by atoms with E-state index in [0.29, 0.717) is 21.6 Å². The molecule has 3 rings (SSSR count). The van der Waals surface area contributed by atoms with Gasteiger partial charge in [0.25, 0.3) is 10.0 Å². The number of benzene rings is 3. The Balaban J connectivity index is 2.12. The van der Waals surface area contributed by atoms with E-state index < -0.39 is 34.2 Å². The van der Waals surface area contributed by atoms with Gasteiger partial charge in [-0.1, -0.05) is 44.2 Å². The Bertz CT molecular complexity index is 1400. The van der Waals surface area contributed by atoms with Crippen molar-refractivity contribution in [3.8, 4) is 5.75 Å². The maximum absolute atomic E-state index is 13.8. The fourth-order valence-corrected chi connectivity index (χ4v) is 5.56. The number of nitrogens with zero attached hydrogens (tertiary/aromatic N) is 1. The molecule has 1 N–H and O–H groups in total. The minimum Gasteiger partial charge on any atom is -0.495 e. The van der Waals surface area contributed by atoms with Crippen LogP contribution in [-0.4, -0.2) is 28.0 Å². The second kappa shape index (κ2) is 10.8. The van der Waals surface area contributed by atoms with Gasteiger partial charge in [-0.2, -0.15) is 13.2 Å². The Hall–Kier alpha value is -3.53. The second-order valence-corrected chi connectivity index (χ2v) is 10.8. The fourth-order valence-electron chi connectivity index (χ4n) is 3.91. The minimum absolute atomic E-state index is 0.00369. The first-order valence-electron chi connectivity index (χ1n) is 11.5. The molecule has 0 aromatic heterocycles. The quantitative estimate of drug-likeness (QED) is 0.369. The van der Waals surface area contributed by atoms with Gasteiger partial charge >= 0.3 is 6.18 Å². The van der Waals surface area contributed by atoms with Crippen molar-refractivity contribution in [1.29, 1.82) is 0 Å². The molecule has 0 aliphatic carbocycles. The number of sulfonamides is 1. The van der Waals surface area contributed by atoms with Crippen molar-refractivity contribution in [3.05, 3.63) is 82.9 Å². The average Bonchev–Trinajstić information content (AvgIpc) is 2.83. The number of nitrogens with one attached hydrogen (secondary N) is 1. The minimum atomic E-state index is -4.71. The summed E-state index contributed by atoms with van der Waals surface area (Å²) < 4.78 is 74.0. The van der Waals surface area contributed by atoms with Crippen LogP contribution in [0.25, 0.3) is 0 Å². The lowest BCUT2D eigenvalue weighted by molar-refractivity contribution is -0.137. The Labute approximate surface area is 215 Å². The first-order chi connectivity index (χ1) is 17.3. The van der Waals surface area contributed by atoms with Crippen LogP contribution in [0.5, 0.6) is 5.75 Å². The molecule has 0 aliphatic heterocycles. The summed E-state index contributed by atoms with van der Waals surface area (Å²) in [6.07, 6.45) is -4.71. The van der Waals surface area contributed by atoms with E-state index in [2.05, 4.69) is 5.32 Å². The number of amides is 1. The van der Waals surface area contributed by atoms with Crippen LogP contribution in [0.4, 0.5) is 24.5 Å². The number of halogens is 3. The van der Waals surface area contributed by atoms with E-state index in [9.17, 15) is 26.4 Å². The van der Waals surface area contributed by atoms with E-state index in [1.807, 2.05) is 26.0 Å². The molecular formula is C27H29F3N2O4S. The van der Waals surface area contributed by atoms with E-state index in [0.717, 1.165) is 23.3 Å². The van der Waals surface area contributed by atoms with Crippen LogP contribution in [-0.2, 0) is 21.0 Å². The first-order valence-corrected chi connectivity index (χ1v) is 12.9. The molecule has 0 fully saturated rings. The van der Waals surface area contributed by atoms with Gasteiger partial charge in [0.2, 0.25) is 5.91 Å². The van der Waals surface area contributed by atoms with Crippen molar-refractivity contribution in [1.82, 2.24) is 0 Å². The molecule has 10 heteroatoms. The summed E-state index contributed by atoms with van der Waals surface area (Å²) in [6.45, 7) is 6.63. The predicted molar refractivity (Wildman–Crippen MR) is 138 cm³/mol. The number of carbonyl (C=O) groups is 1. The fraction of sp³-hybridized carbons (Fsp3) is 0.296. The molecule has 0 bridgehead atoms. The van der Waals surface area contributed by atoms with Gasteiger partial charge in [0.15, 0.2) is 0 Å². The number of carbonyl (C=O) groups excluding carboxylic acids is 1. The van der Waals surface area contributed by atoms with E-state index >= 15 is 0 Å². The van der Waals surface area contributed by atoms with Crippen LogP contribution in [0.15, 0.2) is 65.6 Å². The SMILES string of the molecule is COc1ccc(C)cc1S(=O)(=O)N(CC(=O)Nc1c(C)cccc1C(C)C)c1cccc(C(F)(F)F)c1. The maximum atomic E-state index is 13.8. The predicted octanol–water partition coefficient (Wildman–Crippen LogP) is 6.29. The number of anilines is 2. The van der Waals surface area contributed by atoms with Crippen molar-refractivity contribution in [2.75, 3.05) is 23.3 Å². The van der Waals surface area contributed by atoms with Crippen LogP contribution < -0.4 is 14.4 Å². The van der Waals surface area contributed by atoms with Gasteiger partial charge in [0.1, 0.15) is 17.2 Å². The monoisotopic (exact) mass is 534 g/mol. The molecule has 3 aromatic carbocycles. The third kappa shape index (κ3) is 6.25. The van der Waals surface area contributed by atoms with E-state index in [1.165, 1.54) is 25.3 Å². The summed E-state index contributed by atoms with van der Waals surface area (Å²) >= 11 is 0. The van der Waals surface area contributed by atoms with Crippen LogP contribution in [0.3, 0.4) is 0 Å². The summed E-state index contributed by atoms with van der Waals surface area (Å²) in [5.41, 5.74) is 1.41. The van der Waals surface area contributed by atoms with Gasteiger partial charge in [-0.25, -0.2) is 8.42 Å². The van der Waals surface area contributed by atoms with Crippen LogP contribution in [0.2, 0.25) is 0 Å². The molecule has 1 amide bonds. The zero-order valence-electron chi connectivity index (χ0n) is 21.2. The molecule has 37 heavy (non-hydrogen) atoms. The van der Waals surface area contributed by atoms with Gasteiger partial charge in [0.05, 0.1) is 18.4 Å². The molecule has 198 valence electrons. The highest BCUT2D eigenvalue weighted by atomic mass is 32.2. The second-order valence-electron chi connectivity index (χ2n) is 8.96. The van der Waals surface area contributed by atoms with Gasteiger partial charge in [0, 0.05) is 5.69 Å². The van der Waals surface area contributed by atoms with Crippen molar-refractivity contribution >= 4 is 27.3 Å². The molecular weight excluding hydrogens is 505 g/mol. The van der Waals surface area contributed by atoms with Gasteiger partial charge in [-0.3, -0.25) is 9.10 Å². The molecule has 6 nitrogen and oxygen atoms in total. The summed E-state index contributed by atoms with van der Waals surface area (Å²) in [7, 11) is -3.24. The number of rotatable bonds is 8. The normalized spacial score (nSPS) is 11.9. The third-order valence-electron chi connectivity index (χ3n) is 5.83. The third-order valence-corrected chi connectivity index (χ3v) is 7.62. The highest BCUT2D eigenvalue weighted by Crippen LogP contribution is 2.35. The van der Waals surface area contributed by atoms with Gasteiger partial charge in [-0.05, 0) is 66.8 Å². The number of alkyl halides is 3. The number of aryl methyl sites for hydroxylation is 2. The van der Waals surface area contributed by atoms with Crippen LogP contribution in [0, 0.1) is 13.8 Å². The molecule has 0 spiro atoms. The van der Waals surface area contributed by atoms with Crippen molar-refractivity contribution in [3.63, 3.8) is 0 Å². The van der Waals surface area contributed by atoms with Gasteiger partial charge in [-0.15, -0.1) is 0 Å². The summed E-state index contributed by atoms with van der Waals surface area (Å²) in [5.74, 6) is -0.636. The summed E-state index contributed by atoms with van der Waals surface area (Å²) in [5, 5.41) is 2.77. The zero-order chi connectivity index (χ0) is 27.5. The molecule has 0 atom stereocenters. The smallest absolute Gasteiger partial charge is 0.416 e. The lowest BCUT2D eigenvalue weighted by Crippen LogP contribution is -2.38. The van der Waals surface area contributed by atoms with E-state index in [-0.39, 0.29) is 22.3 Å². The molecule has 0 aliphatic rings. The first kappa shape index (κ1) is 28.0. The Morgan fingerprint density at radius 1 is 1.03 bits per heavy atom. The standard InChI is InChI=1S/C27H29F3N2O4S/c1-17(2)22-11-6-8-19(4)26(22)31-25(33)16-32(21-10-7-9-20(15-21)27(28,29)30)37(34,35)24-14-18(3)12-13-23(24)36-5/h6-15,17H,16H2,1-5H3,(H,31,33). The van der Waals surface area contributed by atoms with Crippen LogP contribution in [0.1, 0.15) is 42.0 Å². The molecule has 0 saturated heterocycles. The average molecular weight is 535 g/mol. The number of methoxy groups -OCH3 is 1. The summed E-state index contributed by atoms with van der Waals surface area (Å²) in [6, 6.07) is 13.8. The lowest BCUT2D eigenvalue weighted by Gasteiger charge is -2.26. The number of para-hydroxylation sites is 1. The van der Waals surface area contributed by atoms with Crippen molar-refractivity contribution in [2.45, 2.75) is 44.7 Å². The maximum Gasteiger partial charge on any atom is 0.416 e. The Morgan fingerprint density at radius 3 is 2.32 bits per heavy atom. The Kier molecular flexibility index (Phi) is 8.22. The van der Waals surface area contributed by atoms with Crippen molar-refractivity contribution < 1.29 is 31.1 Å². The van der Waals surface area contributed by atoms with E-state index in [1.54, 1.807) is 26.0 Å². The van der Waals surface area contributed by atoms with E-state index in [4.69, 9.17) is 4.74 Å². The molecule has 3 aromatic rings. The number of ether oxygens (including phenoxy) is 1. The number of hydrogen-bond acceptors (Lipinski definition) is 4. The number of hydrogen-bond donors (Lipinski definition) is 1. The lowest BCUT2D eigenvalue weighted by atomic mass is 9.98. The molecule has 0 unspecified atom stereocenters. The van der Waals surface area contributed by atoms with Crippen molar-refractivity contribution in [2.24, 2.45) is 0 Å². The topological polar surface area (TPSA) is 75.7 Å². The van der Waals surface area contributed by atoms with Gasteiger partial charge < -0.3 is 10.1 Å². The highest BCUT2D eigenvalue weighted by Gasteiger charge is 2.34. The largest absolute Gasteiger partial charge is 0.495 e. The highest BCUT2D eigenvalue weighted by molar-refractivity contribution is 7.93. The molecule has 0 saturated carbocycles. The summed E-state index contributed by atoms with van der Waals surface area (Å²) in [4.78, 5) is 13.0. The van der Waals surface area contributed by atoms with Crippen LogP contribution >= 0.6 is 0 Å². The molecule has 0 radical (unpaired) electrons.